The van der Waals surface area contributed by atoms with E-state index in [1.54, 1.807) is 38.1 Å². The van der Waals surface area contributed by atoms with E-state index in [0.717, 1.165) is 5.75 Å². The Labute approximate surface area is 118 Å². The molecule has 1 N–H and O–H groups in total. The molecule has 0 aliphatic carbocycles. The average molecular weight is 271 g/mol. The normalized spacial score (nSPS) is 10.2. The summed E-state index contributed by atoms with van der Waals surface area (Å²) in [5.74, 6) is 1.48. The molecule has 0 heterocycles. The van der Waals surface area contributed by atoms with Crippen LogP contribution in [0.3, 0.4) is 0 Å². The molecule has 2 aromatic rings. The smallest absolute Gasteiger partial charge is 0.411 e. The maximum absolute atomic E-state index is 11.4. The number of hydrogen-bond donors (Lipinski definition) is 1. The molecule has 0 saturated heterocycles. The van der Waals surface area contributed by atoms with Crippen molar-refractivity contribution in [2.75, 3.05) is 5.32 Å². The lowest BCUT2D eigenvalue weighted by atomic mass is 10.3. The third-order valence-corrected chi connectivity index (χ3v) is 2.42. The fourth-order valence-electron chi connectivity index (χ4n) is 1.59. The van der Waals surface area contributed by atoms with Crippen LogP contribution in [-0.2, 0) is 4.74 Å². The van der Waals surface area contributed by atoms with Crippen LogP contribution in [0.1, 0.15) is 13.8 Å². The second kappa shape index (κ2) is 6.61. The van der Waals surface area contributed by atoms with Crippen molar-refractivity contribution in [2.24, 2.45) is 0 Å². The zero-order chi connectivity index (χ0) is 14.4. The number of benzene rings is 2. The summed E-state index contributed by atoms with van der Waals surface area (Å²) < 4.78 is 10.7. The van der Waals surface area contributed by atoms with Crippen molar-refractivity contribution < 1.29 is 14.3 Å². The van der Waals surface area contributed by atoms with Gasteiger partial charge in [0.25, 0.3) is 0 Å². The molecule has 4 heteroatoms. The summed E-state index contributed by atoms with van der Waals surface area (Å²) in [6.07, 6.45) is -0.604. The van der Waals surface area contributed by atoms with E-state index in [4.69, 9.17) is 9.47 Å². The van der Waals surface area contributed by atoms with Crippen molar-refractivity contribution in [1.29, 1.82) is 0 Å². The zero-order valence-corrected chi connectivity index (χ0v) is 11.5. The number of anilines is 1. The average Bonchev–Trinajstić information content (AvgIpc) is 2.41. The first-order valence-corrected chi connectivity index (χ1v) is 6.44. The summed E-state index contributed by atoms with van der Waals surface area (Å²) in [7, 11) is 0. The highest BCUT2D eigenvalue weighted by molar-refractivity contribution is 5.84. The molecule has 4 nitrogen and oxygen atoms in total. The van der Waals surface area contributed by atoms with Gasteiger partial charge in [-0.1, -0.05) is 18.2 Å². The van der Waals surface area contributed by atoms with Gasteiger partial charge in [0, 0.05) is 5.69 Å². The van der Waals surface area contributed by atoms with Gasteiger partial charge in [-0.3, -0.25) is 5.32 Å². The lowest BCUT2D eigenvalue weighted by molar-refractivity contribution is 0.130. The predicted octanol–water partition coefficient (Wildman–Crippen LogP) is 4.44. The van der Waals surface area contributed by atoms with Gasteiger partial charge in [0.05, 0.1) is 6.10 Å². The van der Waals surface area contributed by atoms with Gasteiger partial charge in [0.2, 0.25) is 0 Å². The molecular formula is C16H17NO3. The van der Waals surface area contributed by atoms with Crippen molar-refractivity contribution >= 4 is 11.8 Å². The Morgan fingerprint density at radius 2 is 1.55 bits per heavy atom. The Morgan fingerprint density at radius 1 is 0.950 bits per heavy atom. The van der Waals surface area contributed by atoms with Crippen LogP contribution in [0.25, 0.3) is 0 Å². The summed E-state index contributed by atoms with van der Waals surface area (Å²) in [4.78, 5) is 11.4. The standard InChI is InChI=1S/C16H17NO3/c1-12(2)19-16(18)17-13-8-10-15(11-9-13)20-14-6-4-3-5-7-14/h3-12H,1-2H3,(H,17,18). The Balaban J connectivity index is 1.94. The lowest BCUT2D eigenvalue weighted by Crippen LogP contribution is -2.17. The maximum atomic E-state index is 11.4. The Hall–Kier alpha value is -2.49. The van der Waals surface area contributed by atoms with E-state index >= 15 is 0 Å². The first-order chi connectivity index (χ1) is 9.63. The number of carbonyl (C=O) groups is 1. The molecule has 1 amide bonds. The molecule has 20 heavy (non-hydrogen) atoms. The first kappa shape index (κ1) is 13.9. The van der Waals surface area contributed by atoms with Gasteiger partial charge in [0.15, 0.2) is 0 Å². The van der Waals surface area contributed by atoms with Crippen LogP contribution in [-0.4, -0.2) is 12.2 Å². The van der Waals surface area contributed by atoms with E-state index in [1.165, 1.54) is 0 Å². The number of nitrogens with one attached hydrogen (secondary N) is 1. The SMILES string of the molecule is CC(C)OC(=O)Nc1ccc(Oc2ccccc2)cc1. The van der Waals surface area contributed by atoms with Crippen LogP contribution in [0, 0.1) is 0 Å². The Bertz CT molecular complexity index is 550. The summed E-state index contributed by atoms with van der Waals surface area (Å²) in [6, 6.07) is 16.6. The van der Waals surface area contributed by atoms with Gasteiger partial charge < -0.3 is 9.47 Å². The first-order valence-electron chi connectivity index (χ1n) is 6.44. The molecule has 104 valence electrons. The van der Waals surface area contributed by atoms with Crippen LogP contribution in [0.4, 0.5) is 10.5 Å². The lowest BCUT2D eigenvalue weighted by Gasteiger charge is -2.10. The highest BCUT2D eigenvalue weighted by Crippen LogP contribution is 2.22. The number of rotatable bonds is 4. The fourth-order valence-corrected chi connectivity index (χ4v) is 1.59. The largest absolute Gasteiger partial charge is 0.457 e. The second-order valence-corrected chi connectivity index (χ2v) is 4.52. The van der Waals surface area contributed by atoms with Gasteiger partial charge in [-0.15, -0.1) is 0 Å². The Kier molecular flexibility index (Phi) is 4.60. The molecule has 0 aliphatic heterocycles. The molecule has 0 atom stereocenters. The fraction of sp³-hybridized carbons (Fsp3) is 0.188. The number of hydrogen-bond acceptors (Lipinski definition) is 3. The van der Waals surface area contributed by atoms with Crippen LogP contribution in [0.15, 0.2) is 54.6 Å². The third kappa shape index (κ3) is 4.31. The topological polar surface area (TPSA) is 47.6 Å². The van der Waals surface area contributed by atoms with Crippen molar-refractivity contribution in [1.82, 2.24) is 0 Å². The summed E-state index contributed by atoms with van der Waals surface area (Å²) in [5, 5.41) is 2.65. The van der Waals surface area contributed by atoms with Crippen LogP contribution in [0.2, 0.25) is 0 Å². The van der Waals surface area contributed by atoms with Crippen LogP contribution < -0.4 is 10.1 Å². The predicted molar refractivity (Wildman–Crippen MR) is 78.2 cm³/mol. The third-order valence-electron chi connectivity index (χ3n) is 2.42. The number of carbonyl (C=O) groups excluding carboxylic acids is 1. The van der Waals surface area contributed by atoms with Gasteiger partial charge in [-0.25, -0.2) is 4.79 Å². The van der Waals surface area contributed by atoms with Crippen molar-refractivity contribution in [3.05, 3.63) is 54.6 Å². The zero-order valence-electron chi connectivity index (χ0n) is 11.5. The van der Waals surface area contributed by atoms with Crippen LogP contribution in [0.5, 0.6) is 11.5 Å². The molecule has 0 radical (unpaired) electrons. The van der Waals surface area contributed by atoms with Gasteiger partial charge >= 0.3 is 6.09 Å². The molecule has 0 bridgehead atoms. The van der Waals surface area contributed by atoms with Crippen molar-refractivity contribution in [2.45, 2.75) is 20.0 Å². The summed E-state index contributed by atoms with van der Waals surface area (Å²) >= 11 is 0. The number of ether oxygens (including phenoxy) is 2. The molecule has 0 spiro atoms. The number of para-hydroxylation sites is 1. The highest BCUT2D eigenvalue weighted by Gasteiger charge is 2.05. The second-order valence-electron chi connectivity index (χ2n) is 4.52. The minimum Gasteiger partial charge on any atom is -0.457 e. The summed E-state index contributed by atoms with van der Waals surface area (Å²) in [5.41, 5.74) is 0.663. The molecular weight excluding hydrogens is 254 g/mol. The number of amides is 1. The van der Waals surface area contributed by atoms with Crippen molar-refractivity contribution in [3.63, 3.8) is 0 Å². The van der Waals surface area contributed by atoms with E-state index in [2.05, 4.69) is 5.32 Å². The molecule has 0 aromatic heterocycles. The monoisotopic (exact) mass is 271 g/mol. The van der Waals surface area contributed by atoms with Gasteiger partial charge in [-0.05, 0) is 50.2 Å². The van der Waals surface area contributed by atoms with E-state index < -0.39 is 6.09 Å². The maximum Gasteiger partial charge on any atom is 0.411 e. The van der Waals surface area contributed by atoms with E-state index in [0.29, 0.717) is 11.4 Å². The minimum atomic E-state index is -0.461. The molecule has 0 unspecified atom stereocenters. The van der Waals surface area contributed by atoms with Crippen LogP contribution >= 0.6 is 0 Å². The van der Waals surface area contributed by atoms with Gasteiger partial charge in [0.1, 0.15) is 11.5 Å². The molecule has 0 saturated carbocycles. The quantitative estimate of drug-likeness (QED) is 0.894. The van der Waals surface area contributed by atoms with Crippen molar-refractivity contribution in [3.8, 4) is 11.5 Å². The van der Waals surface area contributed by atoms with Gasteiger partial charge in [-0.2, -0.15) is 0 Å². The summed E-state index contributed by atoms with van der Waals surface area (Å²) in [6.45, 7) is 3.60. The van der Waals surface area contributed by atoms with E-state index in [9.17, 15) is 4.79 Å². The van der Waals surface area contributed by atoms with E-state index in [-0.39, 0.29) is 6.10 Å². The molecule has 2 rings (SSSR count). The minimum absolute atomic E-state index is 0.143. The van der Waals surface area contributed by atoms with E-state index in [1.807, 2.05) is 30.3 Å². The highest BCUT2D eigenvalue weighted by atomic mass is 16.6. The molecule has 2 aromatic carbocycles. The molecule has 0 aliphatic rings. The molecule has 0 fully saturated rings. The Morgan fingerprint density at radius 3 is 2.15 bits per heavy atom.